The number of allylic oxidation sites excluding steroid dienone is 2. The molecule has 1 rings (SSSR count). The standard InChI is InChI=1S/C10H20B2/c1-12-10(11)8-6-4-2-3-5-7-9-10/h2-3,12H,4-9,11H2,1H3/b3-2-. The average Bonchev–Trinajstić information content (AvgIpc) is 2.18. The minimum Gasteiger partial charge on any atom is -0.0895 e. The van der Waals surface area contributed by atoms with Gasteiger partial charge in [-0.2, -0.15) is 0 Å². The van der Waals surface area contributed by atoms with Gasteiger partial charge in [-0.05, 0) is 12.8 Å². The molecular formula is C10H20B2. The molecule has 0 aromatic carbocycles. The van der Waals surface area contributed by atoms with E-state index in [1.54, 1.807) is 0 Å². The largest absolute Gasteiger partial charge is 0.115 e. The SMILES string of the molecule is BC1(BC)CCC/C=C\CCC1. The van der Waals surface area contributed by atoms with E-state index in [0.29, 0.717) is 5.21 Å². The van der Waals surface area contributed by atoms with Crippen molar-refractivity contribution in [2.45, 2.75) is 50.6 Å². The Kier molecular flexibility index (Phi) is 3.97. The van der Waals surface area contributed by atoms with E-state index in [1.807, 2.05) is 0 Å². The molecule has 2 heteroatoms. The third-order valence-electron chi connectivity index (χ3n) is 3.32. The summed E-state index contributed by atoms with van der Waals surface area (Å²) in [5, 5.41) is 0.645. The Balaban J connectivity index is 2.44. The second kappa shape index (κ2) is 4.79. The summed E-state index contributed by atoms with van der Waals surface area (Å²) in [6.07, 6.45) is 13.0. The van der Waals surface area contributed by atoms with E-state index in [1.165, 1.54) is 45.8 Å². The van der Waals surface area contributed by atoms with Gasteiger partial charge < -0.3 is 0 Å². The van der Waals surface area contributed by atoms with Crippen molar-refractivity contribution >= 4 is 15.1 Å². The van der Waals surface area contributed by atoms with E-state index in [2.05, 4.69) is 26.8 Å². The predicted octanol–water partition coefficient (Wildman–Crippen LogP) is 2.13. The minimum atomic E-state index is 0.645. The highest BCUT2D eigenvalue weighted by Crippen LogP contribution is 2.34. The lowest BCUT2D eigenvalue weighted by molar-refractivity contribution is 0.578. The van der Waals surface area contributed by atoms with Crippen molar-refractivity contribution in [3.63, 3.8) is 0 Å². The fraction of sp³-hybridized carbons (Fsp3) is 0.800. The summed E-state index contributed by atoms with van der Waals surface area (Å²) >= 11 is 0. The zero-order chi connectivity index (χ0) is 8.86. The van der Waals surface area contributed by atoms with Gasteiger partial charge in [0.2, 0.25) is 0 Å². The summed E-state index contributed by atoms with van der Waals surface area (Å²) < 4.78 is 0. The Hall–Kier alpha value is -0.130. The molecule has 12 heavy (non-hydrogen) atoms. The van der Waals surface area contributed by atoms with Crippen LogP contribution in [0.1, 0.15) is 38.5 Å². The molecule has 0 saturated heterocycles. The summed E-state index contributed by atoms with van der Waals surface area (Å²) in [6.45, 7) is 2.34. The quantitative estimate of drug-likeness (QED) is 0.409. The number of hydrogen-bond donors (Lipinski definition) is 0. The van der Waals surface area contributed by atoms with Crippen LogP contribution in [-0.2, 0) is 0 Å². The van der Waals surface area contributed by atoms with E-state index < -0.39 is 0 Å². The summed E-state index contributed by atoms with van der Waals surface area (Å²) in [5.74, 6) is 0. The molecule has 0 nitrogen and oxygen atoms in total. The maximum Gasteiger partial charge on any atom is 0.115 e. The van der Waals surface area contributed by atoms with Crippen molar-refractivity contribution in [3.05, 3.63) is 12.2 Å². The van der Waals surface area contributed by atoms with Crippen molar-refractivity contribution in [2.75, 3.05) is 0 Å². The van der Waals surface area contributed by atoms with Gasteiger partial charge in [0.25, 0.3) is 0 Å². The van der Waals surface area contributed by atoms with Crippen molar-refractivity contribution in [2.24, 2.45) is 0 Å². The first-order valence-corrected chi connectivity index (χ1v) is 5.42. The molecule has 0 aliphatic heterocycles. The topological polar surface area (TPSA) is 0 Å². The molecule has 1 aliphatic rings. The van der Waals surface area contributed by atoms with E-state index in [9.17, 15) is 0 Å². The molecule has 0 aromatic rings. The second-order valence-corrected chi connectivity index (χ2v) is 4.42. The van der Waals surface area contributed by atoms with Gasteiger partial charge in [-0.3, -0.25) is 0 Å². The lowest BCUT2D eigenvalue weighted by atomic mass is 9.40. The van der Waals surface area contributed by atoms with Crippen LogP contribution in [0.2, 0.25) is 12.0 Å². The van der Waals surface area contributed by atoms with Crippen LogP contribution in [0.5, 0.6) is 0 Å². The van der Waals surface area contributed by atoms with E-state index in [4.69, 9.17) is 0 Å². The second-order valence-electron chi connectivity index (χ2n) is 4.42. The number of hydrogen-bond acceptors (Lipinski definition) is 0. The summed E-state index contributed by atoms with van der Waals surface area (Å²) in [4.78, 5) is 0. The van der Waals surface area contributed by atoms with Crippen LogP contribution in [0.4, 0.5) is 0 Å². The normalized spacial score (nSPS) is 26.4. The van der Waals surface area contributed by atoms with Gasteiger partial charge in [0.05, 0.1) is 7.85 Å². The Morgan fingerprint density at radius 2 is 1.67 bits per heavy atom. The Morgan fingerprint density at radius 1 is 1.17 bits per heavy atom. The molecule has 0 unspecified atom stereocenters. The molecule has 0 heterocycles. The molecule has 1 aliphatic carbocycles. The van der Waals surface area contributed by atoms with Crippen molar-refractivity contribution < 1.29 is 0 Å². The molecule has 0 N–H and O–H groups in total. The van der Waals surface area contributed by atoms with Crippen LogP contribution >= 0.6 is 0 Å². The lowest BCUT2D eigenvalue weighted by Gasteiger charge is -2.26. The van der Waals surface area contributed by atoms with Gasteiger partial charge in [0, 0.05) is 0 Å². The van der Waals surface area contributed by atoms with Crippen LogP contribution in [-0.4, -0.2) is 15.1 Å². The molecule has 0 amide bonds. The molecule has 66 valence electrons. The first-order chi connectivity index (χ1) is 5.77. The van der Waals surface area contributed by atoms with Gasteiger partial charge in [-0.25, -0.2) is 0 Å². The van der Waals surface area contributed by atoms with Gasteiger partial charge in [-0.1, -0.05) is 49.9 Å². The first kappa shape index (κ1) is 9.95. The summed E-state index contributed by atoms with van der Waals surface area (Å²) in [5.41, 5.74) is 0. The van der Waals surface area contributed by atoms with Crippen LogP contribution in [0.15, 0.2) is 12.2 Å². The maximum atomic E-state index is 2.46. The summed E-state index contributed by atoms with van der Waals surface area (Å²) in [7, 11) is 3.81. The van der Waals surface area contributed by atoms with E-state index in [-0.39, 0.29) is 0 Å². The Bertz CT molecular complexity index is 140. The lowest BCUT2D eigenvalue weighted by Crippen LogP contribution is -2.18. The van der Waals surface area contributed by atoms with Gasteiger partial charge in [0.15, 0.2) is 0 Å². The van der Waals surface area contributed by atoms with Crippen molar-refractivity contribution in [3.8, 4) is 0 Å². The van der Waals surface area contributed by atoms with Crippen LogP contribution < -0.4 is 0 Å². The molecule has 0 spiro atoms. The van der Waals surface area contributed by atoms with Crippen molar-refractivity contribution in [1.82, 2.24) is 0 Å². The highest BCUT2D eigenvalue weighted by Gasteiger charge is 2.21. The Morgan fingerprint density at radius 3 is 2.08 bits per heavy atom. The zero-order valence-electron chi connectivity index (χ0n) is 8.60. The van der Waals surface area contributed by atoms with Gasteiger partial charge in [0.1, 0.15) is 7.28 Å². The summed E-state index contributed by atoms with van der Waals surface area (Å²) in [6, 6.07) is 0. The fourth-order valence-corrected chi connectivity index (χ4v) is 2.01. The molecule has 0 aromatic heterocycles. The smallest absolute Gasteiger partial charge is 0.0895 e. The minimum absolute atomic E-state index is 0.645. The van der Waals surface area contributed by atoms with Crippen molar-refractivity contribution in [1.29, 1.82) is 0 Å². The maximum absolute atomic E-state index is 2.46. The van der Waals surface area contributed by atoms with E-state index in [0.717, 1.165) is 0 Å². The average molecular weight is 162 g/mol. The van der Waals surface area contributed by atoms with Crippen LogP contribution in [0.25, 0.3) is 0 Å². The molecular weight excluding hydrogens is 142 g/mol. The van der Waals surface area contributed by atoms with Crippen LogP contribution in [0, 0.1) is 0 Å². The number of rotatable bonds is 1. The fourth-order valence-electron chi connectivity index (χ4n) is 2.01. The molecule has 0 bridgehead atoms. The molecule has 0 atom stereocenters. The molecule has 0 saturated carbocycles. The van der Waals surface area contributed by atoms with E-state index >= 15 is 0 Å². The highest BCUT2D eigenvalue weighted by molar-refractivity contribution is 6.52. The predicted molar refractivity (Wildman–Crippen MR) is 61.1 cm³/mol. The van der Waals surface area contributed by atoms with Gasteiger partial charge >= 0.3 is 0 Å². The third kappa shape index (κ3) is 3.08. The molecule has 0 fully saturated rings. The van der Waals surface area contributed by atoms with Crippen LogP contribution in [0.3, 0.4) is 0 Å². The van der Waals surface area contributed by atoms with Gasteiger partial charge in [-0.15, -0.1) is 0 Å². The monoisotopic (exact) mass is 162 g/mol. The zero-order valence-corrected chi connectivity index (χ0v) is 8.60. The first-order valence-electron chi connectivity index (χ1n) is 5.42. The Labute approximate surface area is 78.5 Å². The highest BCUT2D eigenvalue weighted by atomic mass is 14.1. The third-order valence-corrected chi connectivity index (χ3v) is 3.32. The molecule has 0 radical (unpaired) electrons.